The predicted molar refractivity (Wildman–Crippen MR) is 128 cm³/mol. The molecule has 182 valence electrons. The molecule has 0 bridgehead atoms. The Balaban J connectivity index is 3.35. The van der Waals surface area contributed by atoms with Crippen molar-refractivity contribution in [2.45, 2.75) is 64.6 Å². The third-order valence-corrected chi connectivity index (χ3v) is 4.50. The number of carbonyl (C=O) groups excluding carboxylic acids is 4. The molecule has 0 aliphatic heterocycles. The van der Waals surface area contributed by atoms with Crippen LogP contribution in [0.15, 0.2) is 24.3 Å². The molecule has 0 saturated carbocycles. The lowest BCUT2D eigenvalue weighted by atomic mass is 10.0. The second kappa shape index (κ2) is 12.9. The Morgan fingerprint density at radius 3 is 2.24 bits per heavy atom. The van der Waals surface area contributed by atoms with E-state index in [2.05, 4.69) is 22.6 Å². The summed E-state index contributed by atoms with van der Waals surface area (Å²) in [6.07, 6.45) is 11.1. The highest BCUT2D eigenvalue weighted by atomic mass is 16.6. The average Bonchev–Trinajstić information content (AvgIpc) is 2.75. The van der Waals surface area contributed by atoms with Gasteiger partial charge in [0.05, 0.1) is 6.42 Å². The van der Waals surface area contributed by atoms with Crippen LogP contribution < -0.4 is 16.4 Å². The number of ether oxygens (including phenoxy) is 1. The standard InChI is InChI=1S/C25H32N4O5/c1-7-10-15-27-22(31)21(18-13-11-17(8-2)12-14-18)29(9-3)23(32)19(16-20(26)30)28-24(33)34-25(4,5)6/h2-3,11-14,19,21H,7,10,15-16H2,1,4-6H3,(H2,26,30)(H,27,31)(H,28,33). The van der Waals surface area contributed by atoms with Crippen LogP contribution in [0.2, 0.25) is 0 Å². The van der Waals surface area contributed by atoms with E-state index in [4.69, 9.17) is 23.3 Å². The van der Waals surface area contributed by atoms with Gasteiger partial charge in [-0.05, 0) is 44.9 Å². The minimum absolute atomic E-state index is 0.377. The van der Waals surface area contributed by atoms with Crippen molar-refractivity contribution >= 4 is 23.8 Å². The monoisotopic (exact) mass is 468 g/mol. The quantitative estimate of drug-likeness (QED) is 0.274. The third-order valence-electron chi connectivity index (χ3n) is 4.50. The van der Waals surface area contributed by atoms with Crippen molar-refractivity contribution in [2.24, 2.45) is 5.73 Å². The Labute approximate surface area is 200 Å². The van der Waals surface area contributed by atoms with Gasteiger partial charge in [-0.2, -0.15) is 0 Å². The Bertz CT molecular complexity index is 967. The number of carbonyl (C=O) groups is 4. The minimum Gasteiger partial charge on any atom is -0.444 e. The van der Waals surface area contributed by atoms with Crippen molar-refractivity contribution in [1.82, 2.24) is 15.5 Å². The molecule has 0 heterocycles. The van der Waals surface area contributed by atoms with Crippen LogP contribution in [-0.4, -0.2) is 46.9 Å². The van der Waals surface area contributed by atoms with Gasteiger partial charge in [0.15, 0.2) is 0 Å². The summed E-state index contributed by atoms with van der Waals surface area (Å²) in [6, 6.07) is 5.92. The van der Waals surface area contributed by atoms with Gasteiger partial charge in [0.25, 0.3) is 5.91 Å². The number of nitrogens with two attached hydrogens (primary N) is 1. The summed E-state index contributed by atoms with van der Waals surface area (Å²) in [6.45, 7) is 7.27. The second-order valence-electron chi connectivity index (χ2n) is 8.52. The highest BCUT2D eigenvalue weighted by molar-refractivity contribution is 5.95. The van der Waals surface area contributed by atoms with E-state index in [9.17, 15) is 19.2 Å². The Morgan fingerprint density at radius 2 is 1.76 bits per heavy atom. The highest BCUT2D eigenvalue weighted by Crippen LogP contribution is 2.23. The van der Waals surface area contributed by atoms with E-state index in [1.165, 1.54) is 0 Å². The number of hydrogen-bond acceptors (Lipinski definition) is 5. The van der Waals surface area contributed by atoms with E-state index in [0.29, 0.717) is 17.7 Å². The largest absolute Gasteiger partial charge is 0.444 e. The van der Waals surface area contributed by atoms with Crippen molar-refractivity contribution in [2.75, 3.05) is 6.54 Å². The molecule has 1 aromatic rings. The van der Waals surface area contributed by atoms with Crippen LogP contribution in [0.1, 0.15) is 64.1 Å². The molecule has 2 unspecified atom stereocenters. The van der Waals surface area contributed by atoms with Crippen molar-refractivity contribution in [3.05, 3.63) is 35.4 Å². The summed E-state index contributed by atoms with van der Waals surface area (Å²) in [5, 5.41) is 5.09. The van der Waals surface area contributed by atoms with Crippen LogP contribution in [-0.2, 0) is 19.1 Å². The number of nitrogens with zero attached hydrogens (tertiary/aromatic N) is 1. The number of nitrogens with one attached hydrogen (secondary N) is 2. The maximum absolute atomic E-state index is 13.4. The van der Waals surface area contributed by atoms with Crippen LogP contribution in [0, 0.1) is 24.8 Å². The SMILES string of the molecule is C#Cc1ccc(C(C(=O)NCCCC)N(C#C)C(=O)C(CC(N)=O)NC(=O)OC(C)(C)C)cc1. The third kappa shape index (κ3) is 8.87. The second-order valence-corrected chi connectivity index (χ2v) is 8.52. The normalized spacial score (nSPS) is 12.3. The van der Waals surface area contributed by atoms with Gasteiger partial charge >= 0.3 is 6.09 Å². The van der Waals surface area contributed by atoms with Gasteiger partial charge < -0.3 is 21.1 Å². The maximum atomic E-state index is 13.4. The summed E-state index contributed by atoms with van der Waals surface area (Å²) in [5.41, 5.74) is 5.41. The lowest BCUT2D eigenvalue weighted by molar-refractivity contribution is -0.139. The first kappa shape index (κ1) is 28.1. The zero-order chi connectivity index (χ0) is 25.9. The molecule has 4 N–H and O–H groups in total. The topological polar surface area (TPSA) is 131 Å². The van der Waals surface area contributed by atoms with Crippen LogP contribution >= 0.6 is 0 Å². The number of hydrogen-bond donors (Lipinski definition) is 3. The van der Waals surface area contributed by atoms with Crippen LogP contribution in [0.25, 0.3) is 0 Å². The van der Waals surface area contributed by atoms with Crippen molar-refractivity contribution in [3.63, 3.8) is 0 Å². The zero-order valence-electron chi connectivity index (χ0n) is 20.0. The first-order valence-electron chi connectivity index (χ1n) is 10.8. The summed E-state index contributed by atoms with van der Waals surface area (Å²) in [4.78, 5) is 51.2. The van der Waals surface area contributed by atoms with Crippen LogP contribution in [0.4, 0.5) is 4.79 Å². The molecule has 34 heavy (non-hydrogen) atoms. The van der Waals surface area contributed by atoms with Gasteiger partial charge in [-0.25, -0.2) is 4.79 Å². The summed E-state index contributed by atoms with van der Waals surface area (Å²) >= 11 is 0. The summed E-state index contributed by atoms with van der Waals surface area (Å²) in [5.74, 6) is 0.227. The molecule has 0 aromatic heterocycles. The van der Waals surface area contributed by atoms with Gasteiger partial charge in [0.2, 0.25) is 11.8 Å². The predicted octanol–water partition coefficient (Wildman–Crippen LogP) is 1.81. The lowest BCUT2D eigenvalue weighted by Gasteiger charge is -2.30. The summed E-state index contributed by atoms with van der Waals surface area (Å²) < 4.78 is 5.17. The minimum atomic E-state index is -1.45. The maximum Gasteiger partial charge on any atom is 0.408 e. The number of unbranched alkanes of at least 4 members (excludes halogenated alkanes) is 1. The fourth-order valence-corrected chi connectivity index (χ4v) is 2.95. The van der Waals surface area contributed by atoms with E-state index in [0.717, 1.165) is 17.7 Å². The highest BCUT2D eigenvalue weighted by Gasteiger charge is 2.36. The van der Waals surface area contributed by atoms with Gasteiger partial charge in [0.1, 0.15) is 17.7 Å². The van der Waals surface area contributed by atoms with E-state index < -0.39 is 47.9 Å². The van der Waals surface area contributed by atoms with Gasteiger partial charge in [-0.15, -0.1) is 6.42 Å². The molecule has 9 nitrogen and oxygen atoms in total. The number of terminal acetylenes is 2. The van der Waals surface area contributed by atoms with E-state index in [1.54, 1.807) is 45.0 Å². The number of rotatable bonds is 10. The lowest BCUT2D eigenvalue weighted by Crippen LogP contribution is -2.52. The van der Waals surface area contributed by atoms with E-state index >= 15 is 0 Å². The molecule has 1 rings (SSSR count). The van der Waals surface area contributed by atoms with Gasteiger partial charge in [-0.3, -0.25) is 19.3 Å². The van der Waals surface area contributed by atoms with Gasteiger partial charge in [0, 0.05) is 18.2 Å². The fraction of sp³-hybridized carbons (Fsp3) is 0.440. The molecule has 1 aromatic carbocycles. The molecule has 0 radical (unpaired) electrons. The molecular formula is C25H32N4O5. The van der Waals surface area contributed by atoms with E-state index in [1.807, 2.05) is 6.92 Å². The Kier molecular flexibility index (Phi) is 10.6. The van der Waals surface area contributed by atoms with Crippen LogP contribution in [0.3, 0.4) is 0 Å². The fourth-order valence-electron chi connectivity index (χ4n) is 2.95. The molecule has 4 amide bonds. The van der Waals surface area contributed by atoms with Gasteiger partial charge in [-0.1, -0.05) is 37.8 Å². The first-order chi connectivity index (χ1) is 15.9. The number of amides is 4. The van der Waals surface area contributed by atoms with Crippen molar-refractivity contribution in [3.8, 4) is 24.8 Å². The van der Waals surface area contributed by atoms with E-state index in [-0.39, 0.29) is 0 Å². The summed E-state index contributed by atoms with van der Waals surface area (Å²) in [7, 11) is 0. The molecule has 0 aliphatic carbocycles. The van der Waals surface area contributed by atoms with Crippen molar-refractivity contribution < 1.29 is 23.9 Å². The molecule has 0 saturated heterocycles. The average molecular weight is 469 g/mol. The molecular weight excluding hydrogens is 436 g/mol. The zero-order valence-corrected chi connectivity index (χ0v) is 20.0. The first-order valence-corrected chi connectivity index (χ1v) is 10.8. The molecule has 9 heteroatoms. The van der Waals surface area contributed by atoms with Crippen molar-refractivity contribution in [1.29, 1.82) is 0 Å². The number of primary amides is 1. The Morgan fingerprint density at radius 1 is 1.15 bits per heavy atom. The molecule has 0 aliphatic rings. The number of benzene rings is 1. The van der Waals surface area contributed by atoms with Crippen LogP contribution in [0.5, 0.6) is 0 Å². The Hall–Kier alpha value is -3.98. The molecule has 0 spiro atoms. The molecule has 2 atom stereocenters. The number of alkyl carbamates (subject to hydrolysis) is 1. The smallest absolute Gasteiger partial charge is 0.408 e. The molecule has 0 fully saturated rings.